The highest BCUT2D eigenvalue weighted by molar-refractivity contribution is 6.03. The average Bonchev–Trinajstić information content (AvgIpc) is 2.77. The molecule has 2 atom stereocenters. The Morgan fingerprint density at radius 3 is 1.88 bits per heavy atom. The van der Waals surface area contributed by atoms with Crippen molar-refractivity contribution in [2.45, 2.75) is 59.5 Å². The van der Waals surface area contributed by atoms with Gasteiger partial charge in [-0.15, -0.1) is 0 Å². The summed E-state index contributed by atoms with van der Waals surface area (Å²) in [6.45, 7) is 8.93. The van der Waals surface area contributed by atoms with Crippen LogP contribution in [0, 0.1) is 11.8 Å². The molecule has 0 aliphatic carbocycles. The standard InChI is InChI=1S/C27H35NO6/c1-19(2)23(25(30)33-17-21-14-10-7-11-15-21)24(29)22(28-26(31)34-27(3,4)5)18-32-16-20-12-8-6-9-13-20/h6-15,19,22-23H,16-18H2,1-5H3,(H,28,31)/t22-,23?/m0/s1. The number of carbonyl (C=O) groups is 3. The molecular formula is C27H35NO6. The maximum absolute atomic E-state index is 13.4. The Kier molecular flexibility index (Phi) is 10.3. The number of hydrogen-bond acceptors (Lipinski definition) is 6. The molecule has 0 heterocycles. The molecule has 0 aliphatic heterocycles. The zero-order valence-corrected chi connectivity index (χ0v) is 20.6. The van der Waals surface area contributed by atoms with Crippen molar-refractivity contribution in [1.29, 1.82) is 0 Å². The molecule has 184 valence electrons. The van der Waals surface area contributed by atoms with Gasteiger partial charge < -0.3 is 19.5 Å². The summed E-state index contributed by atoms with van der Waals surface area (Å²) < 4.78 is 16.5. The summed E-state index contributed by atoms with van der Waals surface area (Å²) in [7, 11) is 0. The Labute approximate surface area is 201 Å². The SMILES string of the molecule is CC(C)C(C(=O)OCc1ccccc1)C(=O)[C@H](COCc1ccccc1)NC(=O)OC(C)(C)C. The molecule has 1 N–H and O–H groups in total. The minimum absolute atomic E-state index is 0.0604. The van der Waals surface area contributed by atoms with E-state index in [4.69, 9.17) is 14.2 Å². The van der Waals surface area contributed by atoms with Crippen LogP contribution < -0.4 is 5.32 Å². The predicted octanol–water partition coefficient (Wildman–Crippen LogP) is 4.68. The molecule has 7 nitrogen and oxygen atoms in total. The Hall–Kier alpha value is -3.19. The molecule has 2 aromatic rings. The average molecular weight is 470 g/mol. The van der Waals surface area contributed by atoms with E-state index in [2.05, 4.69) is 5.32 Å². The lowest BCUT2D eigenvalue weighted by atomic mass is 9.88. The first-order valence-electron chi connectivity index (χ1n) is 11.4. The normalized spacial score (nSPS) is 13.1. The fourth-order valence-electron chi connectivity index (χ4n) is 3.27. The van der Waals surface area contributed by atoms with Gasteiger partial charge in [0, 0.05) is 0 Å². The minimum Gasteiger partial charge on any atom is -0.460 e. The van der Waals surface area contributed by atoms with Crippen molar-refractivity contribution in [2.24, 2.45) is 11.8 Å². The van der Waals surface area contributed by atoms with Crippen LogP contribution in [0.2, 0.25) is 0 Å². The van der Waals surface area contributed by atoms with Crippen LogP contribution in [0.3, 0.4) is 0 Å². The number of nitrogens with one attached hydrogen (secondary N) is 1. The molecule has 0 fully saturated rings. The van der Waals surface area contributed by atoms with Gasteiger partial charge in [-0.3, -0.25) is 9.59 Å². The summed E-state index contributed by atoms with van der Waals surface area (Å²) >= 11 is 0. The molecule has 0 spiro atoms. The molecule has 2 rings (SSSR count). The van der Waals surface area contributed by atoms with E-state index in [0.717, 1.165) is 11.1 Å². The van der Waals surface area contributed by atoms with E-state index in [0.29, 0.717) is 0 Å². The van der Waals surface area contributed by atoms with Crippen LogP contribution in [-0.2, 0) is 37.0 Å². The molecule has 2 aromatic carbocycles. The molecular weight excluding hydrogens is 434 g/mol. The Morgan fingerprint density at radius 1 is 0.853 bits per heavy atom. The van der Waals surface area contributed by atoms with Crippen molar-refractivity contribution >= 4 is 17.8 Å². The van der Waals surface area contributed by atoms with Gasteiger partial charge >= 0.3 is 12.1 Å². The molecule has 0 bridgehead atoms. The number of ketones is 1. The van der Waals surface area contributed by atoms with E-state index < -0.39 is 35.4 Å². The largest absolute Gasteiger partial charge is 0.460 e. The molecule has 1 unspecified atom stereocenters. The number of ether oxygens (including phenoxy) is 3. The van der Waals surface area contributed by atoms with Crippen LogP contribution in [0.25, 0.3) is 0 Å². The smallest absolute Gasteiger partial charge is 0.408 e. The third-order valence-electron chi connectivity index (χ3n) is 4.88. The highest BCUT2D eigenvalue weighted by Gasteiger charge is 2.37. The molecule has 0 saturated heterocycles. The quantitative estimate of drug-likeness (QED) is 0.380. The molecule has 0 aromatic heterocycles. The van der Waals surface area contributed by atoms with Gasteiger partial charge in [-0.2, -0.15) is 0 Å². The van der Waals surface area contributed by atoms with Crippen molar-refractivity contribution in [3.63, 3.8) is 0 Å². The Balaban J connectivity index is 2.11. The van der Waals surface area contributed by atoms with E-state index in [-0.39, 0.29) is 25.7 Å². The molecule has 0 aliphatic rings. The number of Topliss-reactive ketones (excluding diaryl/α,β-unsaturated/α-hetero) is 1. The van der Waals surface area contributed by atoms with Gasteiger partial charge in [0.25, 0.3) is 0 Å². The second-order valence-corrected chi connectivity index (χ2v) is 9.42. The summed E-state index contributed by atoms with van der Waals surface area (Å²) in [6, 6.07) is 17.6. The van der Waals surface area contributed by atoms with Crippen molar-refractivity contribution in [3.05, 3.63) is 71.8 Å². The van der Waals surface area contributed by atoms with Crippen LogP contribution in [0.5, 0.6) is 0 Å². The second kappa shape index (κ2) is 12.9. The summed E-state index contributed by atoms with van der Waals surface area (Å²) in [4.78, 5) is 38.7. The highest BCUT2D eigenvalue weighted by atomic mass is 16.6. The molecule has 0 saturated carbocycles. The lowest BCUT2D eigenvalue weighted by molar-refractivity contribution is -0.156. The zero-order valence-electron chi connectivity index (χ0n) is 20.6. The highest BCUT2D eigenvalue weighted by Crippen LogP contribution is 2.19. The van der Waals surface area contributed by atoms with E-state index in [1.165, 1.54) is 0 Å². The van der Waals surface area contributed by atoms with Gasteiger partial charge in [0.05, 0.1) is 13.2 Å². The third kappa shape index (κ3) is 9.35. The third-order valence-corrected chi connectivity index (χ3v) is 4.88. The molecule has 34 heavy (non-hydrogen) atoms. The summed E-state index contributed by atoms with van der Waals surface area (Å²) in [5, 5.41) is 2.58. The van der Waals surface area contributed by atoms with Crippen molar-refractivity contribution in [1.82, 2.24) is 5.32 Å². The molecule has 0 radical (unpaired) electrons. The number of benzene rings is 2. The van der Waals surface area contributed by atoms with Crippen LogP contribution >= 0.6 is 0 Å². The Morgan fingerprint density at radius 2 is 1.38 bits per heavy atom. The zero-order chi connectivity index (χ0) is 25.1. The summed E-state index contributed by atoms with van der Waals surface area (Å²) in [5.74, 6) is -2.52. The number of carbonyl (C=O) groups excluding carboxylic acids is 3. The van der Waals surface area contributed by atoms with E-state index in [1.807, 2.05) is 60.7 Å². The van der Waals surface area contributed by atoms with Gasteiger partial charge in [0.2, 0.25) is 0 Å². The van der Waals surface area contributed by atoms with Crippen LogP contribution in [-0.4, -0.2) is 36.1 Å². The first kappa shape index (κ1) is 27.1. The number of rotatable bonds is 11. The van der Waals surface area contributed by atoms with Crippen molar-refractivity contribution in [3.8, 4) is 0 Å². The van der Waals surface area contributed by atoms with E-state index >= 15 is 0 Å². The van der Waals surface area contributed by atoms with Gasteiger partial charge in [-0.1, -0.05) is 74.5 Å². The van der Waals surface area contributed by atoms with Crippen molar-refractivity contribution in [2.75, 3.05) is 6.61 Å². The molecule has 1 amide bonds. The number of hydrogen-bond donors (Lipinski definition) is 1. The summed E-state index contributed by atoms with van der Waals surface area (Å²) in [6.07, 6.45) is -0.755. The maximum Gasteiger partial charge on any atom is 0.408 e. The second-order valence-electron chi connectivity index (χ2n) is 9.42. The van der Waals surface area contributed by atoms with E-state index in [9.17, 15) is 14.4 Å². The van der Waals surface area contributed by atoms with Gasteiger partial charge in [-0.05, 0) is 37.8 Å². The topological polar surface area (TPSA) is 90.9 Å². The van der Waals surface area contributed by atoms with Crippen LogP contribution in [0.15, 0.2) is 60.7 Å². The van der Waals surface area contributed by atoms with Crippen LogP contribution in [0.4, 0.5) is 4.79 Å². The lowest BCUT2D eigenvalue weighted by Gasteiger charge is -2.26. The molecule has 7 heteroatoms. The fourth-order valence-corrected chi connectivity index (χ4v) is 3.27. The van der Waals surface area contributed by atoms with Crippen LogP contribution in [0.1, 0.15) is 45.7 Å². The summed E-state index contributed by atoms with van der Waals surface area (Å²) in [5.41, 5.74) is 1.00. The maximum atomic E-state index is 13.4. The van der Waals surface area contributed by atoms with Crippen molar-refractivity contribution < 1.29 is 28.6 Å². The van der Waals surface area contributed by atoms with Gasteiger partial charge in [-0.25, -0.2) is 4.79 Å². The number of alkyl carbamates (subject to hydrolysis) is 1. The first-order chi connectivity index (χ1) is 16.1. The number of esters is 1. The van der Waals surface area contributed by atoms with E-state index in [1.54, 1.807) is 34.6 Å². The van der Waals surface area contributed by atoms with Gasteiger partial charge in [0.15, 0.2) is 5.78 Å². The number of amides is 1. The predicted molar refractivity (Wildman–Crippen MR) is 129 cm³/mol. The lowest BCUT2D eigenvalue weighted by Crippen LogP contribution is -2.50. The Bertz CT molecular complexity index is 921. The monoisotopic (exact) mass is 469 g/mol. The van der Waals surface area contributed by atoms with Gasteiger partial charge in [0.1, 0.15) is 24.2 Å². The fraction of sp³-hybridized carbons (Fsp3) is 0.444. The first-order valence-corrected chi connectivity index (χ1v) is 11.4. The minimum atomic E-state index is -1.07.